The Balaban J connectivity index is 1.13. The van der Waals surface area contributed by atoms with E-state index in [9.17, 15) is 0 Å². The van der Waals surface area contributed by atoms with Crippen LogP contribution in [0.5, 0.6) is 0 Å². The molecule has 0 atom stereocenters. The molecule has 2 aromatic carbocycles. The summed E-state index contributed by atoms with van der Waals surface area (Å²) in [7, 11) is 0. The van der Waals surface area contributed by atoms with Crippen molar-refractivity contribution in [1.82, 2.24) is 29.3 Å². The Morgan fingerprint density at radius 3 is 2.41 bits per heavy atom. The number of hydrogen-bond donors (Lipinski definition) is 0. The van der Waals surface area contributed by atoms with Crippen LogP contribution in [-0.4, -0.2) is 48.9 Å². The molecule has 0 radical (unpaired) electrons. The van der Waals surface area contributed by atoms with Gasteiger partial charge in [0, 0.05) is 23.2 Å². The highest BCUT2D eigenvalue weighted by molar-refractivity contribution is 6.30. The number of aryl methyl sites for hydroxylation is 1. The van der Waals surface area contributed by atoms with Crippen LogP contribution in [0.15, 0.2) is 79.1 Å². The van der Waals surface area contributed by atoms with Crippen LogP contribution in [0, 0.1) is 0 Å². The summed E-state index contributed by atoms with van der Waals surface area (Å²) in [6.07, 6.45) is 9.74. The molecule has 0 bridgehead atoms. The van der Waals surface area contributed by atoms with Gasteiger partial charge < -0.3 is 4.90 Å². The summed E-state index contributed by atoms with van der Waals surface area (Å²) >= 11 is 6.01. The zero-order chi connectivity index (χ0) is 25.0. The van der Waals surface area contributed by atoms with Gasteiger partial charge in [-0.25, -0.2) is 9.50 Å². The van der Waals surface area contributed by atoms with Gasteiger partial charge in [-0.2, -0.15) is 10.2 Å². The zero-order valence-corrected chi connectivity index (χ0v) is 21.7. The number of hydrogen-bond acceptors (Lipinski definition) is 4. The highest BCUT2D eigenvalue weighted by atomic mass is 35.5. The van der Waals surface area contributed by atoms with Crippen molar-refractivity contribution in [3.8, 4) is 11.3 Å². The molecule has 0 saturated carbocycles. The van der Waals surface area contributed by atoms with Crippen molar-refractivity contribution in [3.05, 3.63) is 107 Å². The molecule has 1 fully saturated rings. The summed E-state index contributed by atoms with van der Waals surface area (Å²) in [5.74, 6) is 0.822. The van der Waals surface area contributed by atoms with Gasteiger partial charge in [-0.15, -0.1) is 0 Å². The summed E-state index contributed by atoms with van der Waals surface area (Å²) in [6.45, 7) is 4.45. The van der Waals surface area contributed by atoms with Crippen molar-refractivity contribution < 1.29 is 0 Å². The Morgan fingerprint density at radius 2 is 1.59 bits per heavy atom. The summed E-state index contributed by atoms with van der Waals surface area (Å²) in [5, 5.41) is 10.2. The fourth-order valence-electron chi connectivity index (χ4n) is 5.12. The van der Waals surface area contributed by atoms with Gasteiger partial charge in [-0.3, -0.25) is 4.68 Å². The molecule has 3 aromatic heterocycles. The molecular weight excluding hydrogens is 480 g/mol. The quantitative estimate of drug-likeness (QED) is 0.247. The van der Waals surface area contributed by atoms with Crippen LogP contribution in [0.2, 0.25) is 5.02 Å². The Kier molecular flexibility index (Phi) is 7.02. The lowest BCUT2D eigenvalue weighted by atomic mass is 10.1. The van der Waals surface area contributed by atoms with Crippen molar-refractivity contribution in [2.45, 2.75) is 38.6 Å². The Hall–Kier alpha value is -3.48. The maximum atomic E-state index is 6.01. The largest absolute Gasteiger partial charge is 0.303 e. The number of benzene rings is 2. The van der Waals surface area contributed by atoms with E-state index in [0.717, 1.165) is 39.7 Å². The van der Waals surface area contributed by atoms with E-state index >= 15 is 0 Å². The van der Waals surface area contributed by atoms with Crippen LogP contribution >= 0.6 is 11.6 Å². The van der Waals surface area contributed by atoms with E-state index in [0.29, 0.717) is 13.0 Å². The van der Waals surface area contributed by atoms with Crippen molar-refractivity contribution in [2.75, 3.05) is 19.6 Å². The lowest BCUT2D eigenvalue weighted by molar-refractivity contribution is 0.334. The zero-order valence-electron chi connectivity index (χ0n) is 20.9. The first-order valence-electron chi connectivity index (χ1n) is 13.1. The number of nitrogens with zero attached hydrogens (tertiary/aromatic N) is 6. The maximum absolute atomic E-state index is 6.01. The van der Waals surface area contributed by atoms with E-state index in [4.69, 9.17) is 21.7 Å². The van der Waals surface area contributed by atoms with E-state index in [1.807, 2.05) is 58.0 Å². The second kappa shape index (κ2) is 10.9. The number of pyridine rings is 1. The predicted octanol–water partition coefficient (Wildman–Crippen LogP) is 5.91. The highest BCUT2D eigenvalue weighted by Crippen LogP contribution is 2.21. The molecule has 6 rings (SSSR count). The summed E-state index contributed by atoms with van der Waals surface area (Å²) in [5.41, 5.74) is 6.62. The third-order valence-electron chi connectivity index (χ3n) is 7.11. The van der Waals surface area contributed by atoms with Crippen LogP contribution < -0.4 is 0 Å². The fraction of sp³-hybridized carbons (Fsp3) is 0.300. The van der Waals surface area contributed by atoms with Crippen molar-refractivity contribution in [3.63, 3.8) is 0 Å². The normalized spacial score (nSPS) is 14.1. The van der Waals surface area contributed by atoms with Gasteiger partial charge >= 0.3 is 0 Å². The minimum Gasteiger partial charge on any atom is -0.303 e. The van der Waals surface area contributed by atoms with Gasteiger partial charge in [0.25, 0.3) is 0 Å². The third kappa shape index (κ3) is 5.76. The Labute approximate surface area is 222 Å². The molecule has 5 aromatic rings. The van der Waals surface area contributed by atoms with Crippen molar-refractivity contribution in [1.29, 1.82) is 0 Å². The number of rotatable bonds is 9. The average molecular weight is 511 g/mol. The molecule has 1 saturated heterocycles. The number of halogens is 1. The van der Waals surface area contributed by atoms with Gasteiger partial charge in [0.05, 0.1) is 18.4 Å². The lowest BCUT2D eigenvalue weighted by Crippen LogP contribution is -2.20. The molecule has 0 unspecified atom stereocenters. The third-order valence-corrected chi connectivity index (χ3v) is 7.37. The van der Waals surface area contributed by atoms with E-state index in [-0.39, 0.29) is 0 Å². The molecule has 37 heavy (non-hydrogen) atoms. The number of likely N-dealkylation sites (tertiary alicyclic amines) is 1. The predicted molar refractivity (Wildman–Crippen MR) is 148 cm³/mol. The van der Waals surface area contributed by atoms with Gasteiger partial charge in [0.1, 0.15) is 0 Å². The minimum absolute atomic E-state index is 0.685. The van der Waals surface area contributed by atoms with E-state index in [1.54, 1.807) is 0 Å². The lowest BCUT2D eigenvalue weighted by Gasteiger charge is -2.13. The Bertz CT molecular complexity index is 1460. The summed E-state index contributed by atoms with van der Waals surface area (Å²) < 4.78 is 3.85. The molecule has 0 amide bonds. The van der Waals surface area contributed by atoms with Crippen LogP contribution in [0.3, 0.4) is 0 Å². The molecule has 7 heteroatoms. The molecular formula is C30H31ClN6. The molecule has 1 aliphatic heterocycles. The van der Waals surface area contributed by atoms with Gasteiger partial charge in [0.2, 0.25) is 0 Å². The standard InChI is InChI=1S/C30H31ClN6/c31-27-14-12-25(13-15-27)21-36-22-26(20-32-36)28-6-3-7-30-33-29(34-37(28)30)19-24-10-8-23(9-11-24)5-4-18-35-16-1-2-17-35/h3,6-15,20,22H,1-2,4-5,16-19,21H2. The Morgan fingerprint density at radius 1 is 0.838 bits per heavy atom. The topological polar surface area (TPSA) is 51.2 Å². The summed E-state index contributed by atoms with van der Waals surface area (Å²) in [6, 6.07) is 22.9. The van der Waals surface area contributed by atoms with Crippen LogP contribution in [-0.2, 0) is 19.4 Å². The van der Waals surface area contributed by atoms with Crippen molar-refractivity contribution >= 4 is 17.2 Å². The first-order chi connectivity index (χ1) is 18.2. The fourth-order valence-corrected chi connectivity index (χ4v) is 5.25. The van der Waals surface area contributed by atoms with Crippen LogP contribution in [0.1, 0.15) is 41.8 Å². The first kappa shape index (κ1) is 23.9. The van der Waals surface area contributed by atoms with Gasteiger partial charge in [-0.05, 0) is 86.3 Å². The number of fused-ring (bicyclic) bond motifs is 1. The van der Waals surface area contributed by atoms with Crippen LogP contribution in [0.4, 0.5) is 0 Å². The molecule has 0 aliphatic carbocycles. The molecule has 6 nitrogen and oxygen atoms in total. The molecule has 0 N–H and O–H groups in total. The molecule has 188 valence electrons. The minimum atomic E-state index is 0.685. The van der Waals surface area contributed by atoms with Gasteiger partial charge in [0.15, 0.2) is 11.5 Å². The monoisotopic (exact) mass is 510 g/mol. The molecule has 4 heterocycles. The van der Waals surface area contributed by atoms with Crippen molar-refractivity contribution in [2.24, 2.45) is 0 Å². The smallest absolute Gasteiger partial charge is 0.156 e. The van der Waals surface area contributed by atoms with Crippen LogP contribution in [0.25, 0.3) is 16.9 Å². The second-order valence-electron chi connectivity index (χ2n) is 9.91. The maximum Gasteiger partial charge on any atom is 0.156 e. The van der Waals surface area contributed by atoms with Gasteiger partial charge in [-0.1, -0.05) is 54.1 Å². The summed E-state index contributed by atoms with van der Waals surface area (Å²) in [4.78, 5) is 7.39. The number of aromatic nitrogens is 5. The molecule has 0 spiro atoms. The highest BCUT2D eigenvalue weighted by Gasteiger charge is 2.12. The first-order valence-corrected chi connectivity index (χ1v) is 13.5. The van der Waals surface area contributed by atoms with E-state index in [2.05, 4.69) is 40.3 Å². The van der Waals surface area contributed by atoms with E-state index < -0.39 is 0 Å². The molecule has 1 aliphatic rings. The average Bonchev–Trinajstić information content (AvgIpc) is 3.67. The second-order valence-corrected chi connectivity index (χ2v) is 10.3. The SMILES string of the molecule is Clc1ccc(Cn2cc(-c3cccc4nc(Cc5ccc(CCCN6CCCC6)cc5)nn34)cn2)cc1. The van der Waals surface area contributed by atoms with E-state index in [1.165, 1.54) is 50.0 Å².